The van der Waals surface area contributed by atoms with Crippen LogP contribution < -0.4 is 5.32 Å². The van der Waals surface area contributed by atoms with E-state index in [1.54, 1.807) is 0 Å². The van der Waals surface area contributed by atoms with Gasteiger partial charge in [0.1, 0.15) is 48.8 Å². The van der Waals surface area contributed by atoms with E-state index < -0.39 is 86.8 Å². The predicted molar refractivity (Wildman–Crippen MR) is 429 cm³/mol. The lowest BCUT2D eigenvalue weighted by molar-refractivity contribution is -0.359. The van der Waals surface area contributed by atoms with Crippen molar-refractivity contribution in [3.63, 3.8) is 0 Å². The number of hydrogen-bond donors (Lipinski definition) is 9. The molecule has 0 radical (unpaired) electrons. The molecule has 0 aromatic heterocycles. The van der Waals surface area contributed by atoms with Gasteiger partial charge in [-0.05, 0) is 38.5 Å². The number of allylic oxidation sites excluding steroid dienone is 2. The number of carbonyl (C=O) groups excluding carboxylic acids is 1. The van der Waals surface area contributed by atoms with E-state index in [1.165, 1.54) is 379 Å². The maximum Gasteiger partial charge on any atom is 0.220 e. The molecule has 0 spiro atoms. The Hall–Kier alpha value is -1.27. The van der Waals surface area contributed by atoms with Gasteiger partial charge in [0.2, 0.25) is 5.91 Å². The summed E-state index contributed by atoms with van der Waals surface area (Å²) in [6.45, 7) is 2.95. The normalized spacial score (nSPS) is 21.5. The number of rotatable bonds is 79. The lowest BCUT2D eigenvalue weighted by Crippen LogP contribution is -2.65. The molecule has 1 amide bonds. The summed E-state index contributed by atoms with van der Waals surface area (Å²) in [5.74, 6) is -0.194. The molecule has 2 saturated heterocycles. The van der Waals surface area contributed by atoms with Gasteiger partial charge in [0.25, 0.3) is 0 Å². The van der Waals surface area contributed by atoms with E-state index in [-0.39, 0.29) is 12.5 Å². The van der Waals surface area contributed by atoms with Crippen molar-refractivity contribution in [2.45, 2.75) is 530 Å². The van der Waals surface area contributed by atoms with Crippen molar-refractivity contribution in [3.05, 3.63) is 12.2 Å². The first-order valence-electron chi connectivity index (χ1n) is 45.4. The van der Waals surface area contributed by atoms with Gasteiger partial charge in [0.05, 0.1) is 32.0 Å². The predicted octanol–water partition coefficient (Wildman–Crippen LogP) is 22.0. The second-order valence-corrected chi connectivity index (χ2v) is 32.4. The third-order valence-electron chi connectivity index (χ3n) is 22.7. The summed E-state index contributed by atoms with van der Waals surface area (Å²) >= 11 is 0. The minimum Gasteiger partial charge on any atom is -0.394 e. The Kier molecular flexibility index (Phi) is 69.8. The lowest BCUT2D eigenvalue weighted by atomic mass is 9.97. The zero-order valence-electron chi connectivity index (χ0n) is 67.6. The monoisotopic (exact) mass is 1460 g/mol. The molecule has 612 valence electrons. The van der Waals surface area contributed by atoms with E-state index in [0.717, 1.165) is 51.4 Å². The summed E-state index contributed by atoms with van der Waals surface area (Å²) in [4.78, 5) is 13.4. The maximum atomic E-state index is 13.4. The summed E-state index contributed by atoms with van der Waals surface area (Å²) in [5, 5.41) is 88.1. The number of aliphatic hydroxyl groups is 8. The van der Waals surface area contributed by atoms with Gasteiger partial charge in [-0.2, -0.15) is 0 Å². The fourth-order valence-corrected chi connectivity index (χ4v) is 15.6. The quantitative estimate of drug-likeness (QED) is 0.0204. The smallest absolute Gasteiger partial charge is 0.220 e. The van der Waals surface area contributed by atoms with Crippen molar-refractivity contribution in [1.29, 1.82) is 0 Å². The Bertz CT molecular complexity index is 1780. The molecule has 2 aliphatic heterocycles. The molecule has 9 N–H and O–H groups in total. The second kappa shape index (κ2) is 73.5. The average Bonchev–Trinajstić information content (AvgIpc) is 0.791. The lowest BCUT2D eigenvalue weighted by Gasteiger charge is -2.46. The SMILES string of the molecule is CCCCCCCCCC/C=C\CCCCCCCCCCCCCCCCCCCCCCCCCCCC(=O)NC(COC1OC(CO)C(OC2OC(CO)C(O)C(O)C2O)C(O)C1O)C(O)CCCCCCCCCCCCCCCCCCCCCCCCCCCCCCCCCC. The van der Waals surface area contributed by atoms with Crippen LogP contribution in [0, 0.1) is 0 Å². The molecule has 0 aromatic carbocycles. The third-order valence-corrected chi connectivity index (χ3v) is 22.7. The molecular weight excluding hydrogens is 1290 g/mol. The highest BCUT2D eigenvalue weighted by Gasteiger charge is 2.51. The van der Waals surface area contributed by atoms with Crippen molar-refractivity contribution in [3.8, 4) is 0 Å². The van der Waals surface area contributed by atoms with Crippen LogP contribution >= 0.6 is 0 Å². The van der Waals surface area contributed by atoms with Crippen molar-refractivity contribution in [2.75, 3.05) is 19.8 Å². The minimum atomic E-state index is -1.78. The van der Waals surface area contributed by atoms with Crippen molar-refractivity contribution >= 4 is 5.91 Å². The molecule has 2 aliphatic rings. The molecule has 12 unspecified atom stereocenters. The van der Waals surface area contributed by atoms with Crippen LogP contribution in [-0.4, -0.2) is 140 Å². The highest BCUT2D eigenvalue weighted by Crippen LogP contribution is 2.31. The van der Waals surface area contributed by atoms with Crippen molar-refractivity contribution in [1.82, 2.24) is 5.32 Å². The molecule has 2 fully saturated rings. The van der Waals surface area contributed by atoms with Crippen molar-refractivity contribution < 1.29 is 64.6 Å². The Labute approximate surface area is 635 Å². The molecule has 0 bridgehead atoms. The Morgan fingerprint density at radius 3 is 0.922 bits per heavy atom. The molecule has 0 aromatic rings. The van der Waals surface area contributed by atoms with Crippen LogP contribution in [0.1, 0.15) is 457 Å². The Morgan fingerprint density at radius 2 is 0.612 bits per heavy atom. The molecule has 0 aliphatic carbocycles. The molecule has 2 rings (SSSR count). The van der Waals surface area contributed by atoms with Crippen LogP contribution in [0.3, 0.4) is 0 Å². The number of aliphatic hydroxyl groups excluding tert-OH is 8. The third kappa shape index (κ3) is 55.7. The molecule has 14 nitrogen and oxygen atoms in total. The Balaban J connectivity index is 1.54. The standard InChI is InChI=1S/C89H173NO13/c1-3-5-7-9-11-13-15-17-19-21-23-25-27-29-31-33-35-37-38-39-40-41-43-45-47-49-51-53-55-57-59-61-63-65-67-69-71-73-81(94)90-77(76-100-88-86(99)84(97)87(80(75-92)102-88)103-89-85(98)83(96)82(95)79(74-91)101-89)78(93)72-70-68-66-64-62-60-58-56-54-52-50-48-46-44-42-36-34-32-30-28-26-24-22-20-18-16-14-12-10-8-6-4-2/h21,23,77-80,82-89,91-93,95-99H,3-20,22,24-76H2,1-2H3,(H,90,94)/b23-21-. The number of ether oxygens (including phenoxy) is 4. The largest absolute Gasteiger partial charge is 0.394 e. The summed E-state index contributed by atoms with van der Waals surface area (Å²) in [6, 6.07) is -0.828. The van der Waals surface area contributed by atoms with Gasteiger partial charge in [-0.25, -0.2) is 0 Å². The highest BCUT2D eigenvalue weighted by atomic mass is 16.7. The van der Waals surface area contributed by atoms with E-state index in [4.69, 9.17) is 18.9 Å². The first kappa shape index (κ1) is 97.8. The summed E-state index contributed by atoms with van der Waals surface area (Å²) in [7, 11) is 0. The number of carbonyl (C=O) groups is 1. The zero-order valence-corrected chi connectivity index (χ0v) is 67.6. The van der Waals surface area contributed by atoms with Gasteiger partial charge in [0.15, 0.2) is 12.6 Å². The number of amides is 1. The topological polar surface area (TPSA) is 228 Å². The molecule has 14 heteroatoms. The Morgan fingerprint density at radius 1 is 0.340 bits per heavy atom. The number of nitrogens with one attached hydrogen (secondary N) is 1. The highest BCUT2D eigenvalue weighted by molar-refractivity contribution is 5.76. The van der Waals surface area contributed by atoms with Gasteiger partial charge < -0.3 is 65.1 Å². The van der Waals surface area contributed by atoms with E-state index in [2.05, 4.69) is 31.3 Å². The number of unbranched alkanes of at least 4 members (excludes halogenated alkanes) is 64. The van der Waals surface area contributed by atoms with E-state index in [9.17, 15) is 45.6 Å². The van der Waals surface area contributed by atoms with Gasteiger partial charge in [-0.1, -0.05) is 424 Å². The molecule has 0 saturated carbocycles. The summed E-state index contributed by atoms with van der Waals surface area (Å²) in [6.07, 6.45) is 78.7. The van der Waals surface area contributed by atoms with Crippen LogP contribution in [0.5, 0.6) is 0 Å². The van der Waals surface area contributed by atoms with Crippen molar-refractivity contribution in [2.24, 2.45) is 0 Å². The molecule has 12 atom stereocenters. The van der Waals surface area contributed by atoms with Gasteiger partial charge in [-0.15, -0.1) is 0 Å². The second-order valence-electron chi connectivity index (χ2n) is 32.4. The van der Waals surface area contributed by atoms with Crippen LogP contribution in [0.25, 0.3) is 0 Å². The zero-order chi connectivity index (χ0) is 74.4. The molecule has 2 heterocycles. The van der Waals surface area contributed by atoms with Crippen LogP contribution in [0.4, 0.5) is 0 Å². The first-order valence-corrected chi connectivity index (χ1v) is 45.4. The van der Waals surface area contributed by atoms with Gasteiger partial charge in [0, 0.05) is 6.42 Å². The molecular formula is C89H173NO13. The summed E-state index contributed by atoms with van der Waals surface area (Å²) in [5.41, 5.74) is 0. The fourth-order valence-electron chi connectivity index (χ4n) is 15.6. The summed E-state index contributed by atoms with van der Waals surface area (Å²) < 4.78 is 23.0. The fraction of sp³-hybridized carbons (Fsp3) is 0.966. The average molecular weight is 1470 g/mol. The van der Waals surface area contributed by atoms with Crippen LogP contribution in [0.2, 0.25) is 0 Å². The molecule has 103 heavy (non-hydrogen) atoms. The van der Waals surface area contributed by atoms with Crippen LogP contribution in [-0.2, 0) is 23.7 Å². The van der Waals surface area contributed by atoms with Crippen LogP contribution in [0.15, 0.2) is 12.2 Å². The minimum absolute atomic E-state index is 0.194. The first-order chi connectivity index (χ1) is 50.6. The number of hydrogen-bond acceptors (Lipinski definition) is 13. The van der Waals surface area contributed by atoms with E-state index in [0.29, 0.717) is 12.8 Å². The van der Waals surface area contributed by atoms with E-state index in [1.807, 2.05) is 0 Å². The van der Waals surface area contributed by atoms with Gasteiger partial charge >= 0.3 is 0 Å². The van der Waals surface area contributed by atoms with E-state index >= 15 is 0 Å². The maximum absolute atomic E-state index is 13.4. The van der Waals surface area contributed by atoms with Gasteiger partial charge in [-0.3, -0.25) is 4.79 Å².